The normalized spacial score (nSPS) is 10.4. The molecule has 0 atom stereocenters. The van der Waals surface area contributed by atoms with Crippen LogP contribution < -0.4 is 10.6 Å². The van der Waals surface area contributed by atoms with Gasteiger partial charge < -0.3 is 15.7 Å². The van der Waals surface area contributed by atoms with E-state index >= 15 is 0 Å². The van der Waals surface area contributed by atoms with Crippen molar-refractivity contribution in [3.63, 3.8) is 0 Å². The van der Waals surface area contributed by atoms with Gasteiger partial charge in [-0.25, -0.2) is 0 Å². The number of carbonyl (C=O) groups excluding carboxylic acids is 1. The molecule has 0 aliphatic heterocycles. The summed E-state index contributed by atoms with van der Waals surface area (Å²) >= 11 is 0. The Balaban J connectivity index is 2.90. The van der Waals surface area contributed by atoms with Crippen LogP contribution in [0.4, 0.5) is 0 Å². The second-order valence-corrected chi connectivity index (χ2v) is 4.08. The second-order valence-electron chi connectivity index (χ2n) is 4.08. The molecule has 96 valence electrons. The fourth-order valence-electron chi connectivity index (χ4n) is 1.48. The number of rotatable bonds is 11. The zero-order valence-corrected chi connectivity index (χ0v) is 10.4. The van der Waals surface area contributed by atoms with Crippen molar-refractivity contribution in [1.82, 2.24) is 10.6 Å². The highest BCUT2D eigenvalue weighted by Crippen LogP contribution is 1.97. The molecule has 0 aliphatic rings. The van der Waals surface area contributed by atoms with Gasteiger partial charge in [0.05, 0.1) is 0 Å². The molecule has 0 spiro atoms. The van der Waals surface area contributed by atoms with E-state index in [0.717, 1.165) is 45.3 Å². The highest BCUT2D eigenvalue weighted by atomic mass is 16.2. The molecule has 4 nitrogen and oxygen atoms in total. The van der Waals surface area contributed by atoms with E-state index < -0.39 is 0 Å². The van der Waals surface area contributed by atoms with Gasteiger partial charge in [0.1, 0.15) is 0 Å². The summed E-state index contributed by atoms with van der Waals surface area (Å²) in [5, 5.41) is 14.7. The van der Waals surface area contributed by atoms with Gasteiger partial charge in [0.15, 0.2) is 0 Å². The summed E-state index contributed by atoms with van der Waals surface area (Å²) in [6.07, 6.45) is 6.58. The van der Waals surface area contributed by atoms with Crippen molar-refractivity contribution in [2.75, 3.05) is 26.2 Å². The molecule has 0 aromatic rings. The Kier molecular flexibility index (Phi) is 12.0. The van der Waals surface area contributed by atoms with Crippen LogP contribution in [-0.4, -0.2) is 37.3 Å². The minimum absolute atomic E-state index is 0.0526. The van der Waals surface area contributed by atoms with E-state index in [9.17, 15) is 4.79 Å². The zero-order chi connectivity index (χ0) is 12.1. The van der Waals surface area contributed by atoms with E-state index in [1.54, 1.807) is 6.92 Å². The smallest absolute Gasteiger partial charge is 0.216 e. The van der Waals surface area contributed by atoms with Gasteiger partial charge in [-0.1, -0.05) is 12.8 Å². The third-order valence-electron chi connectivity index (χ3n) is 2.42. The quantitative estimate of drug-likeness (QED) is 0.465. The number of nitrogens with one attached hydrogen (secondary N) is 2. The Labute approximate surface area is 98.8 Å². The summed E-state index contributed by atoms with van der Waals surface area (Å²) in [6.45, 7) is 4.74. The van der Waals surface area contributed by atoms with E-state index in [0.29, 0.717) is 6.61 Å². The first-order chi connectivity index (χ1) is 7.77. The molecule has 1 amide bonds. The Hall–Kier alpha value is -0.610. The molecular formula is C12H26N2O2. The van der Waals surface area contributed by atoms with Gasteiger partial charge in [-0.05, 0) is 38.8 Å². The van der Waals surface area contributed by atoms with Crippen LogP contribution in [0.15, 0.2) is 0 Å². The summed E-state index contributed by atoms with van der Waals surface area (Å²) in [5.74, 6) is 0.0526. The Morgan fingerprint density at radius 1 is 0.938 bits per heavy atom. The van der Waals surface area contributed by atoms with Gasteiger partial charge in [-0.3, -0.25) is 4.79 Å². The molecular weight excluding hydrogens is 204 g/mol. The summed E-state index contributed by atoms with van der Waals surface area (Å²) in [4.78, 5) is 10.6. The van der Waals surface area contributed by atoms with Crippen molar-refractivity contribution < 1.29 is 9.90 Å². The third-order valence-corrected chi connectivity index (χ3v) is 2.42. The molecule has 3 N–H and O–H groups in total. The largest absolute Gasteiger partial charge is 0.396 e. The van der Waals surface area contributed by atoms with E-state index in [1.807, 2.05) is 0 Å². The standard InChI is InChI=1S/C12H26N2O2/c1-12(16)14-10-6-5-9-13-8-4-2-3-7-11-15/h13,15H,2-11H2,1H3,(H,14,16). The minimum Gasteiger partial charge on any atom is -0.396 e. The van der Waals surface area contributed by atoms with Gasteiger partial charge in [-0.15, -0.1) is 0 Å². The topological polar surface area (TPSA) is 61.4 Å². The zero-order valence-electron chi connectivity index (χ0n) is 10.4. The maximum Gasteiger partial charge on any atom is 0.216 e. The SMILES string of the molecule is CC(=O)NCCCCNCCCCCCO. The molecule has 0 rings (SSSR count). The van der Waals surface area contributed by atoms with E-state index in [4.69, 9.17) is 5.11 Å². The number of carbonyl (C=O) groups is 1. The number of hydrogen-bond donors (Lipinski definition) is 3. The van der Waals surface area contributed by atoms with Crippen LogP contribution in [0.3, 0.4) is 0 Å². The highest BCUT2D eigenvalue weighted by molar-refractivity contribution is 5.72. The summed E-state index contributed by atoms with van der Waals surface area (Å²) < 4.78 is 0. The predicted octanol–water partition coefficient (Wildman–Crippen LogP) is 1.04. The fourth-order valence-corrected chi connectivity index (χ4v) is 1.48. The maximum atomic E-state index is 10.6. The first-order valence-electron chi connectivity index (χ1n) is 6.33. The molecule has 0 heterocycles. The number of aliphatic hydroxyl groups excluding tert-OH is 1. The average molecular weight is 230 g/mol. The number of unbranched alkanes of at least 4 members (excludes halogenated alkanes) is 4. The van der Waals surface area contributed by atoms with Gasteiger partial charge >= 0.3 is 0 Å². The number of amides is 1. The van der Waals surface area contributed by atoms with Crippen molar-refractivity contribution in [3.05, 3.63) is 0 Å². The molecule has 0 unspecified atom stereocenters. The number of hydrogen-bond acceptors (Lipinski definition) is 3. The molecule has 16 heavy (non-hydrogen) atoms. The van der Waals surface area contributed by atoms with Crippen molar-refractivity contribution in [2.45, 2.75) is 45.4 Å². The van der Waals surface area contributed by atoms with Crippen LogP contribution in [0.5, 0.6) is 0 Å². The summed E-state index contributed by atoms with van der Waals surface area (Å²) in [5.41, 5.74) is 0. The Morgan fingerprint density at radius 2 is 1.50 bits per heavy atom. The van der Waals surface area contributed by atoms with Crippen LogP contribution in [0.25, 0.3) is 0 Å². The van der Waals surface area contributed by atoms with Crippen LogP contribution in [-0.2, 0) is 4.79 Å². The van der Waals surface area contributed by atoms with Gasteiger partial charge in [0.25, 0.3) is 0 Å². The number of aliphatic hydroxyl groups is 1. The Morgan fingerprint density at radius 3 is 2.12 bits per heavy atom. The van der Waals surface area contributed by atoms with E-state index in [-0.39, 0.29) is 5.91 Å². The minimum atomic E-state index is 0.0526. The highest BCUT2D eigenvalue weighted by Gasteiger charge is 1.92. The predicted molar refractivity (Wildman–Crippen MR) is 66.3 cm³/mol. The van der Waals surface area contributed by atoms with Gasteiger partial charge in [-0.2, -0.15) is 0 Å². The average Bonchev–Trinajstić information content (AvgIpc) is 2.25. The molecule has 0 saturated carbocycles. The Bertz CT molecular complexity index is 163. The first-order valence-corrected chi connectivity index (χ1v) is 6.33. The molecule has 0 aromatic carbocycles. The van der Waals surface area contributed by atoms with Gasteiger partial charge in [0.2, 0.25) is 5.91 Å². The molecule has 0 saturated heterocycles. The van der Waals surface area contributed by atoms with Crippen molar-refractivity contribution >= 4 is 5.91 Å². The van der Waals surface area contributed by atoms with E-state index in [2.05, 4.69) is 10.6 Å². The van der Waals surface area contributed by atoms with Crippen LogP contribution >= 0.6 is 0 Å². The lowest BCUT2D eigenvalue weighted by Crippen LogP contribution is -2.22. The fraction of sp³-hybridized carbons (Fsp3) is 0.917. The molecule has 0 aromatic heterocycles. The molecule has 0 fully saturated rings. The first kappa shape index (κ1) is 15.4. The lowest BCUT2D eigenvalue weighted by molar-refractivity contribution is -0.118. The maximum absolute atomic E-state index is 10.6. The lowest BCUT2D eigenvalue weighted by Gasteiger charge is -2.05. The summed E-state index contributed by atoms with van der Waals surface area (Å²) in [6, 6.07) is 0. The van der Waals surface area contributed by atoms with Crippen LogP contribution in [0.2, 0.25) is 0 Å². The molecule has 0 radical (unpaired) electrons. The third kappa shape index (κ3) is 13.4. The van der Waals surface area contributed by atoms with Crippen molar-refractivity contribution in [2.24, 2.45) is 0 Å². The second kappa shape index (κ2) is 12.5. The molecule has 0 aliphatic carbocycles. The summed E-state index contributed by atoms with van der Waals surface area (Å²) in [7, 11) is 0. The van der Waals surface area contributed by atoms with Crippen molar-refractivity contribution in [1.29, 1.82) is 0 Å². The van der Waals surface area contributed by atoms with Gasteiger partial charge in [0, 0.05) is 20.1 Å². The monoisotopic (exact) mass is 230 g/mol. The molecule has 4 heteroatoms. The van der Waals surface area contributed by atoms with E-state index in [1.165, 1.54) is 12.8 Å². The lowest BCUT2D eigenvalue weighted by atomic mass is 10.2. The van der Waals surface area contributed by atoms with Crippen molar-refractivity contribution in [3.8, 4) is 0 Å². The molecule has 0 bridgehead atoms. The van der Waals surface area contributed by atoms with Crippen LogP contribution in [0.1, 0.15) is 45.4 Å². The van der Waals surface area contributed by atoms with Crippen LogP contribution in [0, 0.1) is 0 Å².